The molecule has 0 aliphatic heterocycles. The smallest absolute Gasteiger partial charge is 0.268 e. The Hall–Kier alpha value is -2.75. The molecule has 0 aliphatic carbocycles. The molecule has 2 aromatic carbocycles. The van der Waals surface area contributed by atoms with E-state index in [-0.39, 0.29) is 4.34 Å². The number of nitrogens with zero attached hydrogens (tertiary/aromatic N) is 2. The molecule has 0 aliphatic rings. The molecule has 0 radical (unpaired) electrons. The first-order chi connectivity index (χ1) is 14.1. The predicted octanol–water partition coefficient (Wildman–Crippen LogP) is 2.90. The number of nitrogens with two attached hydrogens (primary N) is 1. The maximum atomic E-state index is 13.1. The fourth-order valence-electron chi connectivity index (χ4n) is 3.74. The highest BCUT2D eigenvalue weighted by Gasteiger charge is 2.41. The van der Waals surface area contributed by atoms with Crippen LogP contribution in [0.2, 0.25) is 0 Å². The molecule has 0 bridgehead atoms. The lowest BCUT2D eigenvalue weighted by Gasteiger charge is -2.32. The van der Waals surface area contributed by atoms with Gasteiger partial charge in [-0.05, 0) is 23.8 Å². The maximum absolute atomic E-state index is 13.1. The standard InChI is InChI=1S/C21H22N4O3S2/c1-21(2,14-12-25(3)16-10-6-4-8-13(14)16)18(19(22)26)24-30(27,28)20-23-15-9-5-7-11-17(15)29-20/h4-12,18,24H,1-3H3,(H2,22,26)/t18-/m1/s1. The van der Waals surface area contributed by atoms with Crippen LogP contribution in [0.1, 0.15) is 19.4 Å². The SMILES string of the molecule is Cn1cc(C(C)(C)[C@H](NS(=O)(=O)c2nc3ccccc3s2)C(N)=O)c2ccccc21. The zero-order chi connectivity index (χ0) is 21.7. The first kappa shape index (κ1) is 20.5. The van der Waals surface area contributed by atoms with E-state index in [1.165, 1.54) is 0 Å². The Morgan fingerprint density at radius 3 is 2.53 bits per heavy atom. The van der Waals surface area contributed by atoms with Crippen LogP contribution in [0.15, 0.2) is 59.1 Å². The van der Waals surface area contributed by atoms with Crippen molar-refractivity contribution < 1.29 is 13.2 Å². The van der Waals surface area contributed by atoms with Crippen LogP contribution in [0, 0.1) is 0 Å². The summed E-state index contributed by atoms with van der Waals surface area (Å²) in [7, 11) is -2.15. The van der Waals surface area contributed by atoms with Crippen LogP contribution in [0.5, 0.6) is 0 Å². The molecule has 3 N–H and O–H groups in total. The Morgan fingerprint density at radius 1 is 1.17 bits per heavy atom. The molecule has 156 valence electrons. The van der Waals surface area contributed by atoms with E-state index in [4.69, 9.17) is 5.73 Å². The van der Waals surface area contributed by atoms with E-state index in [0.717, 1.165) is 32.5 Å². The quantitative estimate of drug-likeness (QED) is 0.479. The molecule has 9 heteroatoms. The van der Waals surface area contributed by atoms with Gasteiger partial charge in [-0.1, -0.05) is 44.2 Å². The molecule has 0 saturated carbocycles. The third-order valence-corrected chi connectivity index (χ3v) is 8.21. The van der Waals surface area contributed by atoms with Gasteiger partial charge >= 0.3 is 0 Å². The topological polar surface area (TPSA) is 107 Å². The molecule has 7 nitrogen and oxygen atoms in total. The van der Waals surface area contributed by atoms with Crippen molar-refractivity contribution in [1.29, 1.82) is 0 Å². The molecule has 0 spiro atoms. The van der Waals surface area contributed by atoms with Gasteiger partial charge in [-0.15, -0.1) is 11.3 Å². The highest BCUT2D eigenvalue weighted by molar-refractivity contribution is 7.91. The summed E-state index contributed by atoms with van der Waals surface area (Å²) in [6.45, 7) is 3.62. The van der Waals surface area contributed by atoms with Crippen molar-refractivity contribution in [1.82, 2.24) is 14.3 Å². The third kappa shape index (κ3) is 3.38. The number of aromatic nitrogens is 2. The molecular formula is C21H22N4O3S2. The summed E-state index contributed by atoms with van der Waals surface area (Å²) in [5, 5.41) is 0.940. The van der Waals surface area contributed by atoms with Gasteiger partial charge in [-0.2, -0.15) is 4.72 Å². The minimum absolute atomic E-state index is 0.0938. The van der Waals surface area contributed by atoms with Crippen molar-refractivity contribution in [3.05, 3.63) is 60.3 Å². The molecule has 0 unspecified atom stereocenters. The van der Waals surface area contributed by atoms with Crippen molar-refractivity contribution >= 4 is 48.4 Å². The van der Waals surface area contributed by atoms with E-state index in [0.29, 0.717) is 5.52 Å². The minimum Gasteiger partial charge on any atom is -0.368 e. The maximum Gasteiger partial charge on any atom is 0.268 e. The normalized spacial score (nSPS) is 13.7. The van der Waals surface area contributed by atoms with Crippen molar-refractivity contribution in [2.24, 2.45) is 12.8 Å². The van der Waals surface area contributed by atoms with Gasteiger partial charge in [0.2, 0.25) is 10.2 Å². The first-order valence-corrected chi connectivity index (χ1v) is 11.6. The van der Waals surface area contributed by atoms with Crippen LogP contribution in [-0.2, 0) is 27.3 Å². The highest BCUT2D eigenvalue weighted by atomic mass is 32.2. The number of primary amides is 1. The number of nitrogens with one attached hydrogen (secondary N) is 1. The van der Waals surface area contributed by atoms with Crippen molar-refractivity contribution in [2.75, 3.05) is 0 Å². The second-order valence-corrected chi connectivity index (χ2v) is 10.7. The van der Waals surface area contributed by atoms with E-state index in [2.05, 4.69) is 9.71 Å². The van der Waals surface area contributed by atoms with Crippen LogP contribution in [0.4, 0.5) is 0 Å². The molecule has 2 heterocycles. The molecule has 1 amide bonds. The van der Waals surface area contributed by atoms with E-state index in [9.17, 15) is 13.2 Å². The Bertz CT molecular complexity index is 1340. The van der Waals surface area contributed by atoms with Gasteiger partial charge in [0, 0.05) is 29.6 Å². The molecule has 2 aromatic heterocycles. The number of amides is 1. The number of hydrogen-bond acceptors (Lipinski definition) is 5. The summed E-state index contributed by atoms with van der Waals surface area (Å²) >= 11 is 1.05. The molecule has 0 saturated heterocycles. The number of carbonyl (C=O) groups excluding carboxylic acids is 1. The Kier molecular flexibility index (Phi) is 4.92. The highest BCUT2D eigenvalue weighted by Crippen LogP contribution is 2.35. The van der Waals surface area contributed by atoms with Crippen molar-refractivity contribution in [3.8, 4) is 0 Å². The van der Waals surface area contributed by atoms with Gasteiger partial charge in [0.15, 0.2) is 0 Å². The monoisotopic (exact) mass is 442 g/mol. The van der Waals surface area contributed by atoms with Crippen LogP contribution in [-0.4, -0.2) is 29.9 Å². The Labute approximate surface area is 178 Å². The van der Waals surface area contributed by atoms with Gasteiger partial charge < -0.3 is 10.3 Å². The number of carbonyl (C=O) groups is 1. The summed E-state index contributed by atoms with van der Waals surface area (Å²) in [6.07, 6.45) is 1.91. The van der Waals surface area contributed by atoms with Gasteiger partial charge in [0.25, 0.3) is 10.0 Å². The average molecular weight is 443 g/mol. The summed E-state index contributed by atoms with van der Waals surface area (Å²) in [4.78, 5) is 16.6. The number of sulfonamides is 1. The number of rotatable bonds is 6. The third-order valence-electron chi connectivity index (χ3n) is 5.37. The lowest BCUT2D eigenvalue weighted by Crippen LogP contribution is -2.54. The van der Waals surface area contributed by atoms with Gasteiger partial charge in [0.1, 0.15) is 6.04 Å². The number of benzene rings is 2. The lowest BCUT2D eigenvalue weighted by atomic mass is 9.77. The number of hydrogen-bond donors (Lipinski definition) is 2. The van der Waals surface area contributed by atoms with Crippen molar-refractivity contribution in [3.63, 3.8) is 0 Å². The first-order valence-electron chi connectivity index (χ1n) is 9.33. The molecule has 4 rings (SSSR count). The summed E-state index contributed by atoms with van der Waals surface area (Å²) < 4.78 is 31.3. The molecular weight excluding hydrogens is 420 g/mol. The second-order valence-electron chi connectivity index (χ2n) is 7.80. The number of fused-ring (bicyclic) bond motifs is 2. The second kappa shape index (κ2) is 7.19. The van der Waals surface area contributed by atoms with Crippen LogP contribution in [0.3, 0.4) is 0 Å². The molecule has 4 aromatic rings. The largest absolute Gasteiger partial charge is 0.368 e. The van der Waals surface area contributed by atoms with Crippen LogP contribution >= 0.6 is 11.3 Å². The van der Waals surface area contributed by atoms with Crippen LogP contribution in [0.25, 0.3) is 21.1 Å². The number of para-hydroxylation sites is 2. The number of aryl methyl sites for hydroxylation is 1. The van der Waals surface area contributed by atoms with Crippen molar-refractivity contribution in [2.45, 2.75) is 29.6 Å². The molecule has 0 fully saturated rings. The number of thiazole rings is 1. The fourth-order valence-corrected chi connectivity index (χ4v) is 6.33. The molecule has 1 atom stereocenters. The van der Waals surface area contributed by atoms with E-state index < -0.39 is 27.4 Å². The van der Waals surface area contributed by atoms with Crippen LogP contribution < -0.4 is 10.5 Å². The van der Waals surface area contributed by atoms with E-state index >= 15 is 0 Å². The Morgan fingerprint density at radius 2 is 1.83 bits per heavy atom. The summed E-state index contributed by atoms with van der Waals surface area (Å²) in [5.41, 5.74) is 7.18. The zero-order valence-electron chi connectivity index (χ0n) is 16.8. The zero-order valence-corrected chi connectivity index (χ0v) is 18.4. The lowest BCUT2D eigenvalue weighted by molar-refractivity contribution is -0.120. The molecule has 30 heavy (non-hydrogen) atoms. The predicted molar refractivity (Wildman–Crippen MR) is 119 cm³/mol. The summed E-state index contributed by atoms with van der Waals surface area (Å²) in [5.74, 6) is -0.752. The van der Waals surface area contributed by atoms with E-state index in [1.807, 2.05) is 62.0 Å². The van der Waals surface area contributed by atoms with E-state index in [1.54, 1.807) is 18.2 Å². The van der Waals surface area contributed by atoms with Gasteiger partial charge in [0.05, 0.1) is 10.2 Å². The minimum atomic E-state index is -4.05. The fraction of sp³-hybridized carbons (Fsp3) is 0.238. The van der Waals surface area contributed by atoms with Gasteiger partial charge in [-0.25, -0.2) is 13.4 Å². The summed E-state index contributed by atoms with van der Waals surface area (Å²) in [6, 6.07) is 13.8. The van der Waals surface area contributed by atoms with Gasteiger partial charge in [-0.3, -0.25) is 4.79 Å². The Balaban J connectivity index is 1.77. The average Bonchev–Trinajstić information content (AvgIpc) is 3.28.